The molecule has 2 aromatic rings. The number of ketones is 1. The Bertz CT molecular complexity index is 679. The first kappa shape index (κ1) is 15.4. The Morgan fingerprint density at radius 2 is 1.90 bits per heavy atom. The molecule has 0 saturated heterocycles. The van der Waals surface area contributed by atoms with Gasteiger partial charge in [-0.15, -0.1) is 11.3 Å². The summed E-state index contributed by atoms with van der Waals surface area (Å²) in [6, 6.07) is 8.24. The fourth-order valence-electron chi connectivity index (χ4n) is 1.87. The Kier molecular flexibility index (Phi) is 4.85. The van der Waals surface area contributed by atoms with Gasteiger partial charge in [0.1, 0.15) is 5.82 Å². The van der Waals surface area contributed by atoms with Gasteiger partial charge in [-0.25, -0.2) is 4.39 Å². The number of aryl methyl sites for hydroxylation is 2. The second kappa shape index (κ2) is 6.63. The number of halogens is 1. The van der Waals surface area contributed by atoms with Crippen molar-refractivity contribution >= 4 is 28.7 Å². The Morgan fingerprint density at radius 1 is 1.14 bits per heavy atom. The van der Waals surface area contributed by atoms with Crippen LogP contribution in [0.2, 0.25) is 0 Å². The van der Waals surface area contributed by atoms with Gasteiger partial charge in [-0.1, -0.05) is 6.07 Å². The molecule has 21 heavy (non-hydrogen) atoms. The first-order valence-electron chi connectivity index (χ1n) is 6.61. The molecule has 0 atom stereocenters. The molecule has 1 amide bonds. The second-order valence-corrected chi connectivity index (χ2v) is 6.15. The van der Waals surface area contributed by atoms with Crippen molar-refractivity contribution in [1.29, 1.82) is 0 Å². The smallest absolute Gasteiger partial charge is 0.224 e. The van der Waals surface area contributed by atoms with E-state index in [1.807, 2.05) is 13.0 Å². The fourth-order valence-corrected chi connectivity index (χ4v) is 2.70. The lowest BCUT2D eigenvalue weighted by molar-refractivity contribution is -0.116. The molecule has 0 aliphatic carbocycles. The maximum atomic E-state index is 13.6. The Balaban J connectivity index is 1.89. The molecule has 0 unspecified atom stereocenters. The predicted octanol–water partition coefficient (Wildman–Crippen LogP) is 4.11. The van der Waals surface area contributed by atoms with Gasteiger partial charge in [-0.2, -0.15) is 0 Å². The highest BCUT2D eigenvalue weighted by atomic mass is 32.1. The van der Waals surface area contributed by atoms with Gasteiger partial charge in [0.05, 0.1) is 10.6 Å². The van der Waals surface area contributed by atoms with Crippen LogP contribution in [0.15, 0.2) is 30.3 Å². The van der Waals surface area contributed by atoms with Crippen LogP contribution in [0, 0.1) is 19.7 Å². The number of hydrogen-bond acceptors (Lipinski definition) is 3. The zero-order valence-electron chi connectivity index (χ0n) is 11.9. The summed E-state index contributed by atoms with van der Waals surface area (Å²) >= 11 is 1.41. The lowest BCUT2D eigenvalue weighted by Gasteiger charge is -2.06. The van der Waals surface area contributed by atoms with Crippen molar-refractivity contribution in [2.24, 2.45) is 0 Å². The third-order valence-electron chi connectivity index (χ3n) is 2.99. The first-order chi connectivity index (χ1) is 9.95. The normalized spacial score (nSPS) is 10.4. The topological polar surface area (TPSA) is 46.2 Å². The van der Waals surface area contributed by atoms with E-state index in [4.69, 9.17) is 0 Å². The molecule has 0 radical (unpaired) electrons. The Hall–Kier alpha value is -2.01. The Morgan fingerprint density at radius 3 is 2.52 bits per heavy atom. The SMILES string of the molecule is Cc1ccc(NC(=O)CCC(=O)c2ccc(C)s2)c(F)c1. The maximum Gasteiger partial charge on any atom is 0.224 e. The molecule has 0 bridgehead atoms. The summed E-state index contributed by atoms with van der Waals surface area (Å²) in [7, 11) is 0. The second-order valence-electron chi connectivity index (χ2n) is 4.86. The number of carbonyl (C=O) groups excluding carboxylic acids is 2. The van der Waals surface area contributed by atoms with E-state index >= 15 is 0 Å². The van der Waals surface area contributed by atoms with E-state index < -0.39 is 5.82 Å². The van der Waals surface area contributed by atoms with E-state index in [2.05, 4.69) is 5.32 Å². The lowest BCUT2D eigenvalue weighted by Crippen LogP contribution is -2.14. The van der Waals surface area contributed by atoms with Gasteiger partial charge in [0.15, 0.2) is 5.78 Å². The maximum absolute atomic E-state index is 13.6. The van der Waals surface area contributed by atoms with Crippen LogP contribution in [-0.2, 0) is 4.79 Å². The van der Waals surface area contributed by atoms with Crippen LogP contribution >= 0.6 is 11.3 Å². The summed E-state index contributed by atoms with van der Waals surface area (Å²) in [5, 5.41) is 2.49. The van der Waals surface area contributed by atoms with Crippen LogP contribution in [-0.4, -0.2) is 11.7 Å². The highest BCUT2D eigenvalue weighted by molar-refractivity contribution is 7.14. The van der Waals surface area contributed by atoms with E-state index in [9.17, 15) is 14.0 Å². The molecular weight excluding hydrogens is 289 g/mol. The number of amides is 1. The largest absolute Gasteiger partial charge is 0.324 e. The van der Waals surface area contributed by atoms with E-state index in [0.29, 0.717) is 4.88 Å². The summed E-state index contributed by atoms with van der Waals surface area (Å²) in [4.78, 5) is 25.4. The summed E-state index contributed by atoms with van der Waals surface area (Å²) in [6.07, 6.45) is 0.169. The molecule has 0 fully saturated rings. The van der Waals surface area contributed by atoms with Crippen molar-refractivity contribution in [2.45, 2.75) is 26.7 Å². The highest BCUT2D eigenvalue weighted by Gasteiger charge is 2.12. The molecule has 0 spiro atoms. The highest BCUT2D eigenvalue weighted by Crippen LogP contribution is 2.18. The van der Waals surface area contributed by atoms with Crippen LogP contribution in [0.3, 0.4) is 0 Å². The van der Waals surface area contributed by atoms with Gasteiger partial charge in [0.2, 0.25) is 5.91 Å². The van der Waals surface area contributed by atoms with Crippen molar-refractivity contribution < 1.29 is 14.0 Å². The van der Waals surface area contributed by atoms with Crippen molar-refractivity contribution in [3.8, 4) is 0 Å². The first-order valence-corrected chi connectivity index (χ1v) is 7.43. The quantitative estimate of drug-likeness (QED) is 0.845. The molecule has 1 aromatic heterocycles. The van der Waals surface area contributed by atoms with Crippen LogP contribution in [0.5, 0.6) is 0 Å². The molecule has 110 valence electrons. The van der Waals surface area contributed by atoms with Crippen molar-refractivity contribution in [3.05, 3.63) is 51.5 Å². The third kappa shape index (κ3) is 4.23. The van der Waals surface area contributed by atoms with E-state index in [1.54, 1.807) is 19.1 Å². The summed E-state index contributed by atoms with van der Waals surface area (Å²) < 4.78 is 13.6. The summed E-state index contributed by atoms with van der Waals surface area (Å²) in [5.41, 5.74) is 0.929. The zero-order chi connectivity index (χ0) is 15.4. The van der Waals surface area contributed by atoms with E-state index in [1.165, 1.54) is 23.5 Å². The molecule has 0 aliphatic heterocycles. The number of nitrogens with one attached hydrogen (secondary N) is 1. The molecule has 2 rings (SSSR count). The minimum atomic E-state index is -0.469. The zero-order valence-corrected chi connectivity index (χ0v) is 12.7. The van der Waals surface area contributed by atoms with Gasteiger partial charge in [-0.05, 0) is 43.7 Å². The molecule has 3 nitrogen and oxygen atoms in total. The van der Waals surface area contributed by atoms with E-state index in [-0.39, 0.29) is 30.2 Å². The van der Waals surface area contributed by atoms with Gasteiger partial charge in [0.25, 0.3) is 0 Å². The van der Waals surface area contributed by atoms with Crippen molar-refractivity contribution in [3.63, 3.8) is 0 Å². The number of anilines is 1. The fraction of sp³-hybridized carbons (Fsp3) is 0.250. The lowest BCUT2D eigenvalue weighted by atomic mass is 10.1. The molecule has 0 aliphatic rings. The number of thiophene rings is 1. The van der Waals surface area contributed by atoms with E-state index in [0.717, 1.165) is 10.4 Å². The molecule has 1 heterocycles. The summed E-state index contributed by atoms with van der Waals surface area (Å²) in [5.74, 6) is -0.893. The van der Waals surface area contributed by atoms with Gasteiger partial charge in [0, 0.05) is 17.7 Å². The minimum Gasteiger partial charge on any atom is -0.324 e. The standard InChI is InChI=1S/C16H16FNO2S/c1-10-3-5-13(12(17)9-10)18-16(20)8-6-14(19)15-7-4-11(2)21-15/h3-5,7,9H,6,8H2,1-2H3,(H,18,20). The average Bonchev–Trinajstić information content (AvgIpc) is 2.86. The van der Waals surface area contributed by atoms with Crippen molar-refractivity contribution in [2.75, 3.05) is 5.32 Å². The number of hydrogen-bond donors (Lipinski definition) is 1. The van der Waals surface area contributed by atoms with Gasteiger partial charge < -0.3 is 5.32 Å². The summed E-state index contributed by atoms with van der Waals surface area (Å²) in [6.45, 7) is 3.70. The average molecular weight is 305 g/mol. The number of Topliss-reactive ketones (excluding diaryl/α,β-unsaturated/α-hetero) is 1. The minimum absolute atomic E-state index is 0.0447. The molecule has 0 saturated carbocycles. The molecule has 5 heteroatoms. The van der Waals surface area contributed by atoms with Gasteiger partial charge in [-0.3, -0.25) is 9.59 Å². The predicted molar refractivity (Wildman–Crippen MR) is 82.4 cm³/mol. The van der Waals surface area contributed by atoms with Crippen molar-refractivity contribution in [1.82, 2.24) is 0 Å². The number of benzene rings is 1. The van der Waals surface area contributed by atoms with Gasteiger partial charge >= 0.3 is 0 Å². The molecule has 1 N–H and O–H groups in total. The number of carbonyl (C=O) groups is 2. The molecular formula is C16H16FNO2S. The Labute approximate surface area is 126 Å². The molecule has 1 aromatic carbocycles. The van der Waals surface area contributed by atoms with Crippen LogP contribution in [0.4, 0.5) is 10.1 Å². The van der Waals surface area contributed by atoms with Crippen LogP contribution < -0.4 is 5.32 Å². The number of rotatable bonds is 5. The van der Waals surface area contributed by atoms with Crippen LogP contribution in [0.25, 0.3) is 0 Å². The third-order valence-corrected chi connectivity index (χ3v) is 4.03. The monoisotopic (exact) mass is 305 g/mol. The van der Waals surface area contributed by atoms with Crippen LogP contribution in [0.1, 0.15) is 33.0 Å².